The quantitative estimate of drug-likeness (QED) is 0.642. The Morgan fingerprint density at radius 3 is 1.91 bits per heavy atom. The predicted molar refractivity (Wildman–Crippen MR) is 43.4 cm³/mol. The van der Waals surface area contributed by atoms with Crippen LogP contribution in [0.15, 0.2) is 24.3 Å². The SMILES string of the molecule is CC(C)(O)c1ccc(O)cc1. The third kappa shape index (κ3) is 1.95. The predicted octanol–water partition coefficient (Wildman–Crippen LogP) is 1.62. The second-order valence-electron chi connectivity index (χ2n) is 3.11. The summed E-state index contributed by atoms with van der Waals surface area (Å²) >= 11 is 0. The molecule has 0 unspecified atom stereocenters. The van der Waals surface area contributed by atoms with Gasteiger partial charge in [0.25, 0.3) is 0 Å². The number of phenols is 1. The van der Waals surface area contributed by atoms with E-state index >= 15 is 0 Å². The number of hydrogen-bond acceptors (Lipinski definition) is 2. The Hall–Kier alpha value is -1.02. The fraction of sp³-hybridized carbons (Fsp3) is 0.333. The van der Waals surface area contributed by atoms with E-state index in [0.29, 0.717) is 0 Å². The Bertz CT molecular complexity index is 231. The highest BCUT2D eigenvalue weighted by molar-refractivity contribution is 5.28. The van der Waals surface area contributed by atoms with Gasteiger partial charge in [0.15, 0.2) is 0 Å². The molecule has 2 N–H and O–H groups in total. The Labute approximate surface area is 66.1 Å². The Morgan fingerprint density at radius 2 is 1.55 bits per heavy atom. The molecule has 1 aromatic rings. The lowest BCUT2D eigenvalue weighted by Gasteiger charge is -2.17. The van der Waals surface area contributed by atoms with Gasteiger partial charge in [-0.25, -0.2) is 0 Å². The molecule has 0 amide bonds. The van der Waals surface area contributed by atoms with Gasteiger partial charge in [0.2, 0.25) is 0 Å². The molecule has 0 atom stereocenters. The third-order valence-electron chi connectivity index (χ3n) is 1.57. The molecule has 1 aromatic carbocycles. The average Bonchev–Trinajstić information content (AvgIpc) is 1.86. The molecular formula is C9H12O2. The molecule has 0 radical (unpaired) electrons. The van der Waals surface area contributed by atoms with Crippen LogP contribution < -0.4 is 0 Å². The monoisotopic (exact) mass is 152 g/mol. The lowest BCUT2D eigenvalue weighted by molar-refractivity contribution is 0.0785. The topological polar surface area (TPSA) is 40.5 Å². The van der Waals surface area contributed by atoms with Gasteiger partial charge in [0.1, 0.15) is 5.75 Å². The number of rotatable bonds is 1. The van der Waals surface area contributed by atoms with Crippen molar-refractivity contribution in [2.75, 3.05) is 0 Å². The summed E-state index contributed by atoms with van der Waals surface area (Å²) in [7, 11) is 0. The van der Waals surface area contributed by atoms with Gasteiger partial charge in [0.05, 0.1) is 5.60 Å². The van der Waals surface area contributed by atoms with Crippen LogP contribution in [0.2, 0.25) is 0 Å². The molecule has 0 saturated heterocycles. The molecule has 0 heterocycles. The number of benzene rings is 1. The Morgan fingerprint density at radius 1 is 1.09 bits per heavy atom. The second kappa shape index (κ2) is 2.55. The largest absolute Gasteiger partial charge is 0.508 e. The first-order valence-electron chi connectivity index (χ1n) is 3.52. The minimum absolute atomic E-state index is 0.220. The van der Waals surface area contributed by atoms with Crippen molar-refractivity contribution < 1.29 is 10.2 Å². The molecule has 60 valence electrons. The van der Waals surface area contributed by atoms with Gasteiger partial charge in [0, 0.05) is 0 Å². The van der Waals surface area contributed by atoms with Crippen LogP contribution in [0.25, 0.3) is 0 Å². The summed E-state index contributed by atoms with van der Waals surface area (Å²) in [6, 6.07) is 6.53. The maximum atomic E-state index is 9.50. The van der Waals surface area contributed by atoms with Crippen LogP contribution >= 0.6 is 0 Å². The highest BCUT2D eigenvalue weighted by Crippen LogP contribution is 2.21. The van der Waals surface area contributed by atoms with Crippen LogP contribution in [-0.2, 0) is 5.60 Å². The van der Waals surface area contributed by atoms with Crippen LogP contribution in [-0.4, -0.2) is 10.2 Å². The van der Waals surface area contributed by atoms with Crippen LogP contribution in [0.3, 0.4) is 0 Å². The van der Waals surface area contributed by atoms with Gasteiger partial charge in [-0.3, -0.25) is 0 Å². The van der Waals surface area contributed by atoms with Gasteiger partial charge in [-0.15, -0.1) is 0 Å². The lowest BCUT2D eigenvalue weighted by Crippen LogP contribution is -2.14. The molecule has 0 fully saturated rings. The summed E-state index contributed by atoms with van der Waals surface area (Å²) in [6.07, 6.45) is 0. The van der Waals surface area contributed by atoms with Crippen LogP contribution in [0.4, 0.5) is 0 Å². The zero-order valence-electron chi connectivity index (χ0n) is 6.70. The first-order valence-corrected chi connectivity index (χ1v) is 3.52. The lowest BCUT2D eigenvalue weighted by atomic mass is 9.99. The molecule has 0 bridgehead atoms. The van der Waals surface area contributed by atoms with Crippen LogP contribution in [0.5, 0.6) is 5.75 Å². The maximum absolute atomic E-state index is 9.50. The van der Waals surface area contributed by atoms with Crippen molar-refractivity contribution in [1.29, 1.82) is 0 Å². The second-order valence-corrected chi connectivity index (χ2v) is 3.11. The molecule has 11 heavy (non-hydrogen) atoms. The molecular weight excluding hydrogens is 140 g/mol. The van der Waals surface area contributed by atoms with E-state index in [0.717, 1.165) is 5.56 Å². The summed E-state index contributed by atoms with van der Waals surface area (Å²) in [5.74, 6) is 0.220. The van der Waals surface area contributed by atoms with Gasteiger partial charge in [-0.1, -0.05) is 12.1 Å². The van der Waals surface area contributed by atoms with Crippen molar-refractivity contribution in [1.82, 2.24) is 0 Å². The Balaban J connectivity index is 2.99. The fourth-order valence-electron chi connectivity index (χ4n) is 0.869. The van der Waals surface area contributed by atoms with E-state index in [2.05, 4.69) is 0 Å². The molecule has 2 heteroatoms. The van der Waals surface area contributed by atoms with Crippen molar-refractivity contribution in [3.05, 3.63) is 29.8 Å². The van der Waals surface area contributed by atoms with E-state index in [9.17, 15) is 5.11 Å². The van der Waals surface area contributed by atoms with E-state index in [1.165, 1.54) is 0 Å². The van der Waals surface area contributed by atoms with Crippen molar-refractivity contribution in [3.63, 3.8) is 0 Å². The van der Waals surface area contributed by atoms with Crippen LogP contribution in [0, 0.1) is 0 Å². The summed E-state index contributed by atoms with van der Waals surface area (Å²) in [6.45, 7) is 3.42. The number of aliphatic hydroxyl groups is 1. The molecule has 2 nitrogen and oxygen atoms in total. The first kappa shape index (κ1) is 8.08. The summed E-state index contributed by atoms with van der Waals surface area (Å²) < 4.78 is 0. The van der Waals surface area contributed by atoms with Crippen LogP contribution in [0.1, 0.15) is 19.4 Å². The third-order valence-corrected chi connectivity index (χ3v) is 1.57. The zero-order valence-corrected chi connectivity index (χ0v) is 6.70. The molecule has 0 aromatic heterocycles. The molecule has 0 spiro atoms. The van der Waals surface area contributed by atoms with Gasteiger partial charge in [-0.2, -0.15) is 0 Å². The smallest absolute Gasteiger partial charge is 0.115 e. The number of phenolic OH excluding ortho intramolecular Hbond substituents is 1. The van der Waals surface area contributed by atoms with Gasteiger partial charge in [-0.05, 0) is 31.5 Å². The van der Waals surface area contributed by atoms with E-state index in [4.69, 9.17) is 5.11 Å². The van der Waals surface area contributed by atoms with E-state index < -0.39 is 5.60 Å². The van der Waals surface area contributed by atoms with Crippen molar-refractivity contribution in [2.24, 2.45) is 0 Å². The van der Waals surface area contributed by atoms with Crippen molar-refractivity contribution >= 4 is 0 Å². The highest BCUT2D eigenvalue weighted by Gasteiger charge is 2.14. The maximum Gasteiger partial charge on any atom is 0.115 e. The number of hydrogen-bond donors (Lipinski definition) is 2. The Kier molecular flexibility index (Phi) is 1.87. The van der Waals surface area contributed by atoms with Gasteiger partial charge >= 0.3 is 0 Å². The summed E-state index contributed by atoms with van der Waals surface area (Å²) in [5.41, 5.74) is -0.0245. The summed E-state index contributed by atoms with van der Waals surface area (Å²) in [5, 5.41) is 18.4. The minimum Gasteiger partial charge on any atom is -0.508 e. The molecule has 0 aliphatic carbocycles. The fourth-order valence-corrected chi connectivity index (χ4v) is 0.869. The molecule has 0 saturated carbocycles. The number of aromatic hydroxyl groups is 1. The first-order chi connectivity index (χ1) is 5.00. The van der Waals surface area contributed by atoms with Crippen molar-refractivity contribution in [3.8, 4) is 5.75 Å². The zero-order chi connectivity index (χ0) is 8.48. The molecule has 1 rings (SSSR count). The van der Waals surface area contributed by atoms with E-state index in [1.54, 1.807) is 38.1 Å². The normalized spacial score (nSPS) is 11.5. The van der Waals surface area contributed by atoms with Crippen molar-refractivity contribution in [2.45, 2.75) is 19.4 Å². The standard InChI is InChI=1S/C9H12O2/c1-9(2,11)7-3-5-8(10)6-4-7/h3-6,10-11H,1-2H3. The minimum atomic E-state index is -0.826. The molecule has 0 aliphatic rings. The van der Waals surface area contributed by atoms with E-state index in [-0.39, 0.29) is 5.75 Å². The molecule has 0 aliphatic heterocycles. The highest BCUT2D eigenvalue weighted by atomic mass is 16.3. The van der Waals surface area contributed by atoms with Gasteiger partial charge < -0.3 is 10.2 Å². The average molecular weight is 152 g/mol. The summed E-state index contributed by atoms with van der Waals surface area (Å²) in [4.78, 5) is 0. The van der Waals surface area contributed by atoms with E-state index in [1.807, 2.05) is 0 Å².